The fourth-order valence-electron chi connectivity index (χ4n) is 2.36. The summed E-state index contributed by atoms with van der Waals surface area (Å²) in [6.45, 7) is 13.1. The van der Waals surface area contributed by atoms with Gasteiger partial charge >= 0.3 is 0 Å². The minimum atomic E-state index is -1.67. The molecule has 0 fully saturated rings. The van der Waals surface area contributed by atoms with Crippen LogP contribution >= 0.6 is 34.2 Å². The molecule has 1 aromatic carbocycles. The van der Waals surface area contributed by atoms with Crippen LogP contribution in [0.25, 0.3) is 0 Å². The lowest BCUT2D eigenvalue weighted by Gasteiger charge is -2.36. The van der Waals surface area contributed by atoms with Crippen LogP contribution in [0.2, 0.25) is 23.2 Å². The van der Waals surface area contributed by atoms with Crippen molar-refractivity contribution in [3.8, 4) is 5.75 Å². The Labute approximate surface area is 170 Å². The highest BCUT2D eigenvalue weighted by Gasteiger charge is 2.36. The van der Waals surface area contributed by atoms with Gasteiger partial charge in [-0.15, -0.1) is 0 Å². The van der Waals surface area contributed by atoms with Gasteiger partial charge in [0.05, 0.1) is 17.2 Å². The van der Waals surface area contributed by atoms with E-state index in [4.69, 9.17) is 20.8 Å². The Bertz CT molecular complexity index is 659. The van der Waals surface area contributed by atoms with Gasteiger partial charge in [0.25, 0.3) is 5.91 Å². The van der Waals surface area contributed by atoms with E-state index in [1.807, 2.05) is 6.07 Å². The molecular weight excluding hydrogens is 469 g/mol. The fraction of sp³-hybridized carbons (Fsp3) is 0.611. The molecule has 0 saturated heterocycles. The maximum absolute atomic E-state index is 11.8. The molecular formula is C18H27ClINO3Si. The maximum Gasteiger partial charge on any atom is 0.253 e. The third kappa shape index (κ3) is 4.90. The number of benzene rings is 1. The number of hydrogen-bond donors (Lipinski definition) is 1. The van der Waals surface area contributed by atoms with E-state index in [1.165, 1.54) is 0 Å². The van der Waals surface area contributed by atoms with Gasteiger partial charge in [0.2, 0.25) is 0 Å². The summed E-state index contributed by atoms with van der Waals surface area (Å²) in [6, 6.07) is 1.85. The third-order valence-corrected chi connectivity index (χ3v) is 10.8. The number of hydrogen-bond acceptors (Lipinski definition) is 3. The second kappa shape index (κ2) is 8.15. The van der Waals surface area contributed by atoms with Crippen LogP contribution in [0.5, 0.6) is 5.75 Å². The topological polar surface area (TPSA) is 47.6 Å². The predicted molar refractivity (Wildman–Crippen MR) is 113 cm³/mol. The van der Waals surface area contributed by atoms with Gasteiger partial charge in [-0.3, -0.25) is 4.79 Å². The predicted octanol–water partition coefficient (Wildman–Crippen LogP) is 5.37. The number of ether oxygens (including phenoxy) is 1. The van der Waals surface area contributed by atoms with Crippen molar-refractivity contribution in [3.05, 3.63) is 25.8 Å². The van der Waals surface area contributed by atoms with E-state index in [1.54, 1.807) is 0 Å². The molecule has 0 spiro atoms. The molecule has 1 aliphatic rings. The van der Waals surface area contributed by atoms with Gasteiger partial charge in [0, 0.05) is 22.3 Å². The Morgan fingerprint density at radius 1 is 1.28 bits per heavy atom. The first kappa shape index (κ1) is 21.0. The van der Waals surface area contributed by atoms with Crippen LogP contribution in [0.1, 0.15) is 49.5 Å². The van der Waals surface area contributed by atoms with Crippen LogP contribution in [0.3, 0.4) is 0 Å². The van der Waals surface area contributed by atoms with Crippen LogP contribution in [-0.4, -0.2) is 27.4 Å². The zero-order chi connectivity index (χ0) is 18.8. The minimum absolute atomic E-state index is 0.0596. The molecule has 0 saturated carbocycles. The van der Waals surface area contributed by atoms with Gasteiger partial charge in [-0.25, -0.2) is 0 Å². The highest BCUT2D eigenvalue weighted by atomic mass is 127. The second-order valence-electron chi connectivity index (χ2n) is 7.87. The van der Waals surface area contributed by atoms with Gasteiger partial charge in [-0.2, -0.15) is 0 Å². The van der Waals surface area contributed by atoms with Gasteiger partial charge in [-0.1, -0.05) is 32.4 Å². The van der Waals surface area contributed by atoms with Crippen molar-refractivity contribution in [2.24, 2.45) is 0 Å². The smallest absolute Gasteiger partial charge is 0.253 e. The van der Waals surface area contributed by atoms with Crippen molar-refractivity contribution in [1.29, 1.82) is 0 Å². The molecule has 0 aromatic heterocycles. The molecule has 4 nitrogen and oxygen atoms in total. The summed E-state index contributed by atoms with van der Waals surface area (Å²) in [6.07, 6.45) is 1.88. The number of amides is 1. The molecule has 1 N–H and O–H groups in total. The summed E-state index contributed by atoms with van der Waals surface area (Å²) < 4.78 is 12.9. The quantitative estimate of drug-likeness (QED) is 0.314. The number of carbonyl (C=O) groups excluding carboxylic acids is 1. The van der Waals surface area contributed by atoms with E-state index < -0.39 is 8.32 Å². The highest BCUT2D eigenvalue weighted by Crippen LogP contribution is 2.37. The lowest BCUT2D eigenvalue weighted by atomic mass is 10.1. The summed E-state index contributed by atoms with van der Waals surface area (Å²) in [5.74, 6) is 0.599. The lowest BCUT2D eigenvalue weighted by Crippen LogP contribution is -2.41. The van der Waals surface area contributed by atoms with Crippen LogP contribution in [0, 0.1) is 3.57 Å². The van der Waals surface area contributed by atoms with Gasteiger partial charge in [-0.05, 0) is 59.6 Å². The first-order chi connectivity index (χ1) is 11.5. The lowest BCUT2D eigenvalue weighted by molar-refractivity contribution is 0.0965. The van der Waals surface area contributed by atoms with E-state index in [2.05, 4.69) is 61.8 Å². The molecule has 0 bridgehead atoms. The highest BCUT2D eigenvalue weighted by molar-refractivity contribution is 14.1. The monoisotopic (exact) mass is 495 g/mol. The summed E-state index contributed by atoms with van der Waals surface area (Å²) >= 11 is 8.56. The van der Waals surface area contributed by atoms with Crippen molar-refractivity contribution in [3.63, 3.8) is 0 Å². The number of halogens is 2. The number of carbonyl (C=O) groups is 1. The molecule has 1 heterocycles. The van der Waals surface area contributed by atoms with Crippen molar-refractivity contribution >= 4 is 48.4 Å². The Morgan fingerprint density at radius 3 is 2.56 bits per heavy atom. The minimum Gasteiger partial charge on any atom is -0.492 e. The fourth-order valence-corrected chi connectivity index (χ4v) is 4.57. The Hall–Kier alpha value is -0.313. The Balaban J connectivity index is 1.82. The second-order valence-corrected chi connectivity index (χ2v) is 14.2. The van der Waals surface area contributed by atoms with Gasteiger partial charge < -0.3 is 14.5 Å². The first-order valence-corrected chi connectivity index (χ1v) is 13.0. The number of unbranched alkanes of at least 4 members (excludes halogenated alkanes) is 1. The van der Waals surface area contributed by atoms with Crippen LogP contribution in [0.4, 0.5) is 0 Å². The molecule has 7 heteroatoms. The van der Waals surface area contributed by atoms with Crippen molar-refractivity contribution < 1.29 is 14.0 Å². The van der Waals surface area contributed by atoms with Crippen molar-refractivity contribution in [2.45, 2.75) is 58.3 Å². The van der Waals surface area contributed by atoms with Gasteiger partial charge in [0.15, 0.2) is 8.32 Å². The number of rotatable bonds is 7. The normalized spacial score (nSPS) is 14.4. The Morgan fingerprint density at radius 2 is 1.92 bits per heavy atom. The number of fused-ring (bicyclic) bond motifs is 1. The summed E-state index contributed by atoms with van der Waals surface area (Å²) in [5, 5.41) is 3.59. The molecule has 1 aliphatic heterocycles. The summed E-state index contributed by atoms with van der Waals surface area (Å²) in [5.41, 5.74) is 1.52. The molecule has 0 radical (unpaired) electrons. The van der Waals surface area contributed by atoms with E-state index >= 15 is 0 Å². The average Bonchev–Trinajstić information content (AvgIpc) is 2.89. The standard InChI is InChI=1S/C18H27ClINO3Si/c1-18(2,3)25(4,5)24-9-7-6-8-23-14-10-13(20)15-12(16(14)19)11-21-17(15)22/h10H,6-9,11H2,1-5H3,(H,21,22). The molecule has 140 valence electrons. The Kier molecular flexibility index (Phi) is 6.84. The van der Waals surface area contributed by atoms with E-state index in [0.29, 0.717) is 29.5 Å². The van der Waals surface area contributed by atoms with E-state index in [0.717, 1.165) is 28.6 Å². The van der Waals surface area contributed by atoms with E-state index in [-0.39, 0.29) is 10.9 Å². The molecule has 25 heavy (non-hydrogen) atoms. The zero-order valence-corrected chi connectivity index (χ0v) is 19.5. The molecule has 0 atom stereocenters. The molecule has 0 unspecified atom stereocenters. The van der Waals surface area contributed by atoms with Crippen molar-refractivity contribution in [1.82, 2.24) is 5.32 Å². The SMILES string of the molecule is CC(C)(C)[Si](C)(C)OCCCCOc1cc(I)c2c(c1Cl)CNC2=O. The number of nitrogens with one attached hydrogen (secondary N) is 1. The molecule has 0 aliphatic carbocycles. The van der Waals surface area contributed by atoms with Crippen LogP contribution in [-0.2, 0) is 11.0 Å². The third-order valence-electron chi connectivity index (χ3n) is 5.00. The average molecular weight is 496 g/mol. The van der Waals surface area contributed by atoms with Crippen LogP contribution in [0.15, 0.2) is 6.07 Å². The summed E-state index contributed by atoms with van der Waals surface area (Å²) in [4.78, 5) is 11.8. The maximum atomic E-state index is 11.8. The van der Waals surface area contributed by atoms with E-state index in [9.17, 15) is 4.79 Å². The van der Waals surface area contributed by atoms with Gasteiger partial charge in [0.1, 0.15) is 5.75 Å². The summed E-state index contributed by atoms with van der Waals surface area (Å²) in [7, 11) is -1.67. The van der Waals surface area contributed by atoms with Crippen molar-refractivity contribution in [2.75, 3.05) is 13.2 Å². The van der Waals surface area contributed by atoms with Crippen LogP contribution < -0.4 is 10.1 Å². The molecule has 2 rings (SSSR count). The zero-order valence-electron chi connectivity index (χ0n) is 15.6. The first-order valence-electron chi connectivity index (χ1n) is 8.60. The largest absolute Gasteiger partial charge is 0.492 e. The molecule has 1 aromatic rings. The molecule has 1 amide bonds.